The molecule has 3 amide bonds. The van der Waals surface area contributed by atoms with Gasteiger partial charge in [-0.05, 0) is 18.9 Å². The number of nitrogens with zero attached hydrogens (tertiary/aromatic N) is 3. The molecule has 8 heteroatoms. The van der Waals surface area contributed by atoms with Crippen molar-refractivity contribution in [3.8, 4) is 0 Å². The minimum absolute atomic E-state index is 0.294. The second-order valence-corrected chi connectivity index (χ2v) is 7.21. The molecule has 2 atom stereocenters. The number of ether oxygens (including phenoxy) is 1. The molecule has 2 unspecified atom stereocenters. The Morgan fingerprint density at radius 3 is 2.77 bits per heavy atom. The molecule has 1 fully saturated rings. The molecule has 0 radical (unpaired) electrons. The smallest absolute Gasteiger partial charge is 0.325 e. The Bertz CT molecular complexity index is 682. The first-order valence-electron chi connectivity index (χ1n) is 8.78. The molecule has 0 aromatic heterocycles. The van der Waals surface area contributed by atoms with Gasteiger partial charge in [-0.2, -0.15) is 0 Å². The van der Waals surface area contributed by atoms with Crippen molar-refractivity contribution in [3.05, 3.63) is 35.9 Å². The molecule has 0 spiro atoms. The van der Waals surface area contributed by atoms with Crippen LogP contribution in [0.15, 0.2) is 35.3 Å². The van der Waals surface area contributed by atoms with Crippen molar-refractivity contribution >= 4 is 28.9 Å². The highest BCUT2D eigenvalue weighted by atomic mass is 32.2. The number of urea groups is 1. The molecule has 140 valence electrons. The Morgan fingerprint density at radius 1 is 1.27 bits per heavy atom. The monoisotopic (exact) mass is 376 g/mol. The highest BCUT2D eigenvalue weighted by molar-refractivity contribution is 8.13. The summed E-state index contributed by atoms with van der Waals surface area (Å²) in [5.41, 5.74) is 1.27. The zero-order valence-electron chi connectivity index (χ0n) is 15.1. The maximum absolute atomic E-state index is 12.4. The lowest BCUT2D eigenvalue weighted by atomic mass is 10.1. The van der Waals surface area contributed by atoms with E-state index in [0.717, 1.165) is 17.3 Å². The van der Waals surface area contributed by atoms with Gasteiger partial charge in [0.1, 0.15) is 0 Å². The number of hydrogen-bond acceptors (Lipinski definition) is 6. The van der Waals surface area contributed by atoms with E-state index in [0.29, 0.717) is 19.8 Å². The molecule has 26 heavy (non-hydrogen) atoms. The van der Waals surface area contributed by atoms with Gasteiger partial charge in [-0.15, -0.1) is 0 Å². The summed E-state index contributed by atoms with van der Waals surface area (Å²) in [6.07, 6.45) is 0.442. The van der Waals surface area contributed by atoms with Crippen LogP contribution in [0, 0.1) is 0 Å². The first kappa shape index (κ1) is 18.7. The number of amides is 3. The third-order valence-corrected chi connectivity index (χ3v) is 5.47. The summed E-state index contributed by atoms with van der Waals surface area (Å²) in [5, 5.41) is 3.20. The zero-order chi connectivity index (χ0) is 18.5. The first-order valence-corrected chi connectivity index (χ1v) is 9.77. The Hall–Kier alpha value is -2.06. The molecule has 3 rings (SSSR count). The molecule has 1 saturated heterocycles. The number of likely N-dealkylation sites (N-methyl/N-ethyl adjacent to an activating group) is 1. The number of rotatable bonds is 7. The van der Waals surface area contributed by atoms with Crippen molar-refractivity contribution in [1.82, 2.24) is 15.1 Å². The van der Waals surface area contributed by atoms with Crippen molar-refractivity contribution in [2.75, 3.05) is 32.6 Å². The van der Waals surface area contributed by atoms with Crippen LogP contribution in [0.5, 0.6) is 0 Å². The van der Waals surface area contributed by atoms with E-state index in [9.17, 15) is 9.59 Å². The Balaban J connectivity index is 1.69. The lowest BCUT2D eigenvalue weighted by molar-refractivity contribution is -0.127. The topological polar surface area (TPSA) is 74.2 Å². The Labute approximate surface area is 157 Å². The highest BCUT2D eigenvalue weighted by Crippen LogP contribution is 2.28. The predicted octanol–water partition coefficient (Wildman–Crippen LogP) is 1.55. The number of aliphatic imine (C=N–C) groups is 1. The molecule has 1 aromatic rings. The van der Waals surface area contributed by atoms with Crippen LogP contribution in [0.4, 0.5) is 4.79 Å². The molecule has 0 bridgehead atoms. The van der Waals surface area contributed by atoms with Gasteiger partial charge < -0.3 is 14.5 Å². The highest BCUT2D eigenvalue weighted by Gasteiger charge is 2.48. The van der Waals surface area contributed by atoms with Crippen molar-refractivity contribution in [1.29, 1.82) is 0 Å². The van der Waals surface area contributed by atoms with E-state index in [1.807, 2.05) is 30.0 Å². The number of benzene rings is 1. The van der Waals surface area contributed by atoms with Gasteiger partial charge in [0.25, 0.3) is 5.91 Å². The number of carbonyl (C=O) groups is 2. The maximum Gasteiger partial charge on any atom is 0.325 e. The van der Waals surface area contributed by atoms with Gasteiger partial charge >= 0.3 is 6.03 Å². The van der Waals surface area contributed by atoms with E-state index >= 15 is 0 Å². The zero-order valence-corrected chi connectivity index (χ0v) is 15.9. The third kappa shape index (κ3) is 4.02. The van der Waals surface area contributed by atoms with E-state index in [-0.39, 0.29) is 5.91 Å². The van der Waals surface area contributed by atoms with Crippen molar-refractivity contribution < 1.29 is 14.3 Å². The summed E-state index contributed by atoms with van der Waals surface area (Å²) >= 11 is 1.62. The van der Waals surface area contributed by atoms with Crippen LogP contribution >= 0.6 is 11.8 Å². The molecule has 2 aliphatic heterocycles. The first-order chi connectivity index (χ1) is 12.6. The van der Waals surface area contributed by atoms with Crippen LogP contribution in [0.25, 0.3) is 0 Å². The van der Waals surface area contributed by atoms with Gasteiger partial charge in [-0.1, -0.05) is 42.1 Å². The van der Waals surface area contributed by atoms with Crippen LogP contribution in [-0.4, -0.2) is 71.7 Å². The predicted molar refractivity (Wildman–Crippen MR) is 102 cm³/mol. The minimum Gasteiger partial charge on any atom is -0.380 e. The summed E-state index contributed by atoms with van der Waals surface area (Å²) in [6, 6.07) is 9.37. The minimum atomic E-state index is -0.489. The average molecular weight is 376 g/mol. The van der Waals surface area contributed by atoms with Crippen LogP contribution in [0.1, 0.15) is 12.5 Å². The third-order valence-electron chi connectivity index (χ3n) is 4.47. The van der Waals surface area contributed by atoms with Gasteiger partial charge in [0.05, 0.1) is 6.61 Å². The van der Waals surface area contributed by atoms with Crippen molar-refractivity contribution in [2.45, 2.75) is 25.6 Å². The number of nitrogens with one attached hydrogen (secondary N) is 1. The number of amidine groups is 1. The fourth-order valence-electron chi connectivity index (χ4n) is 3.07. The number of imide groups is 1. The molecule has 1 N–H and O–H groups in total. The van der Waals surface area contributed by atoms with Crippen LogP contribution in [0.2, 0.25) is 0 Å². The Kier molecular flexibility index (Phi) is 6.16. The molecule has 2 aliphatic rings. The maximum atomic E-state index is 12.4. The van der Waals surface area contributed by atoms with Crippen molar-refractivity contribution in [2.24, 2.45) is 4.99 Å². The summed E-state index contributed by atoms with van der Waals surface area (Å²) in [4.78, 5) is 32.4. The van der Waals surface area contributed by atoms with Gasteiger partial charge in [-0.3, -0.25) is 10.1 Å². The summed E-state index contributed by atoms with van der Waals surface area (Å²) in [7, 11) is 1.67. The number of hydrogen-bond donors (Lipinski definition) is 1. The number of aryl methyl sites for hydroxylation is 1. The van der Waals surface area contributed by atoms with Gasteiger partial charge in [0.15, 0.2) is 17.4 Å². The van der Waals surface area contributed by atoms with E-state index in [4.69, 9.17) is 4.74 Å². The fraction of sp³-hybridized carbons (Fsp3) is 0.500. The Morgan fingerprint density at radius 2 is 2.04 bits per heavy atom. The van der Waals surface area contributed by atoms with E-state index in [2.05, 4.69) is 22.4 Å². The molecule has 1 aromatic carbocycles. The second-order valence-electron chi connectivity index (χ2n) is 6.15. The van der Waals surface area contributed by atoms with Crippen LogP contribution in [0.3, 0.4) is 0 Å². The lowest BCUT2D eigenvalue weighted by Crippen LogP contribution is -2.63. The van der Waals surface area contributed by atoms with Crippen molar-refractivity contribution in [3.63, 3.8) is 0 Å². The normalized spacial score (nSPS) is 22.3. The van der Waals surface area contributed by atoms with Gasteiger partial charge in [0.2, 0.25) is 0 Å². The van der Waals surface area contributed by atoms with E-state index in [1.165, 1.54) is 10.5 Å². The average Bonchev–Trinajstić information content (AvgIpc) is 3.00. The number of carbonyl (C=O) groups excluding carboxylic acids is 2. The quantitative estimate of drug-likeness (QED) is 0.731. The summed E-state index contributed by atoms with van der Waals surface area (Å²) in [6.45, 7) is 3.65. The molecular formula is C18H24N4O3S. The molecule has 2 heterocycles. The number of thioether (sulfide) groups is 1. The van der Waals surface area contributed by atoms with Crippen LogP contribution < -0.4 is 5.32 Å². The van der Waals surface area contributed by atoms with Crippen LogP contribution in [-0.2, 0) is 16.0 Å². The van der Waals surface area contributed by atoms with Gasteiger partial charge in [-0.25, -0.2) is 9.79 Å². The van der Waals surface area contributed by atoms with E-state index < -0.39 is 18.2 Å². The second kappa shape index (κ2) is 8.55. The molecule has 7 nitrogen and oxygen atoms in total. The van der Waals surface area contributed by atoms with E-state index in [1.54, 1.807) is 18.8 Å². The number of fused-ring (bicyclic) bond motifs is 1. The SMILES string of the molecule is CCOCCN1C(SCCc2ccccc2)=NC2C1C(=O)NC(=O)N2C. The largest absolute Gasteiger partial charge is 0.380 e. The standard InChI is InChI=1S/C18H24N4O3S/c1-3-25-11-10-22-14-15(21(2)17(24)20-16(14)23)19-18(22)26-12-9-13-7-5-4-6-8-13/h4-8,14-15H,3,9-12H2,1-2H3,(H,20,23,24). The molecule has 0 saturated carbocycles. The molecule has 0 aliphatic carbocycles. The lowest BCUT2D eigenvalue weighted by Gasteiger charge is -2.36. The fourth-order valence-corrected chi connectivity index (χ4v) is 4.14. The summed E-state index contributed by atoms with van der Waals surface area (Å²) < 4.78 is 5.46. The molecular weight excluding hydrogens is 352 g/mol. The van der Waals surface area contributed by atoms with Gasteiger partial charge in [0, 0.05) is 26.0 Å². The summed E-state index contributed by atoms with van der Waals surface area (Å²) in [5.74, 6) is 0.559.